The summed E-state index contributed by atoms with van der Waals surface area (Å²) in [6.45, 7) is 9.00. The van der Waals surface area contributed by atoms with E-state index < -0.39 is 9.84 Å². The average molecular weight is 381 g/mol. The highest BCUT2D eigenvalue weighted by Gasteiger charge is 2.47. The van der Waals surface area contributed by atoms with E-state index in [0.29, 0.717) is 0 Å². The maximum Gasteiger partial charge on any atom is 0.153 e. The number of rotatable bonds is 6. The van der Waals surface area contributed by atoms with Gasteiger partial charge in [0.1, 0.15) is 0 Å². The normalized spacial score (nSPS) is 27.0. The van der Waals surface area contributed by atoms with Gasteiger partial charge in [-0.1, -0.05) is 19.9 Å². The molecule has 2 fully saturated rings. The van der Waals surface area contributed by atoms with Gasteiger partial charge in [-0.25, -0.2) is 8.42 Å². The Hall–Kier alpha value is -1.02. The molecule has 3 rings (SSSR count). The van der Waals surface area contributed by atoms with Gasteiger partial charge < -0.3 is 4.90 Å². The van der Waals surface area contributed by atoms with Gasteiger partial charge in [0.15, 0.2) is 9.84 Å². The molecule has 2 saturated heterocycles. The Morgan fingerprint density at radius 1 is 1.15 bits per heavy atom. The Balaban J connectivity index is 1.74. The van der Waals surface area contributed by atoms with Crippen LogP contribution in [0.3, 0.4) is 0 Å². The Morgan fingerprint density at radius 2 is 1.81 bits per heavy atom. The van der Waals surface area contributed by atoms with Crippen LogP contribution in [0.15, 0.2) is 24.4 Å². The largest absolute Gasteiger partial charge is 0.309 e. The number of hydrogen-bond acceptors (Lipinski definition) is 6. The minimum Gasteiger partial charge on any atom is -0.309 e. The van der Waals surface area contributed by atoms with Gasteiger partial charge in [-0.05, 0) is 31.6 Å². The van der Waals surface area contributed by atoms with Crippen LogP contribution in [-0.4, -0.2) is 92.0 Å². The van der Waals surface area contributed by atoms with Gasteiger partial charge in [0, 0.05) is 51.0 Å². The van der Waals surface area contributed by atoms with Gasteiger partial charge in [0.2, 0.25) is 0 Å². The predicted molar refractivity (Wildman–Crippen MR) is 105 cm³/mol. The standard InChI is InChI=1S/C19H32N4O2S/c1-19(2,14-21(3)4)15-23-10-9-22(11-16-7-5-6-8-20-16)17-12-26(24,25)13-18(17)23/h5-8,17-18H,9-15H2,1-4H3. The summed E-state index contributed by atoms with van der Waals surface area (Å²) < 4.78 is 24.8. The molecule has 0 spiro atoms. The van der Waals surface area contributed by atoms with Crippen LogP contribution < -0.4 is 0 Å². The molecule has 0 saturated carbocycles. The van der Waals surface area contributed by atoms with E-state index in [4.69, 9.17) is 0 Å². The van der Waals surface area contributed by atoms with Crippen molar-refractivity contribution in [1.29, 1.82) is 0 Å². The Kier molecular flexibility index (Phi) is 5.72. The van der Waals surface area contributed by atoms with Crippen molar-refractivity contribution < 1.29 is 8.42 Å². The number of nitrogens with zero attached hydrogens (tertiary/aromatic N) is 4. The first-order valence-electron chi connectivity index (χ1n) is 9.38. The van der Waals surface area contributed by atoms with E-state index in [0.717, 1.165) is 38.4 Å². The van der Waals surface area contributed by atoms with Crippen LogP contribution in [0.1, 0.15) is 19.5 Å². The van der Waals surface area contributed by atoms with E-state index in [1.54, 1.807) is 6.20 Å². The molecule has 0 radical (unpaired) electrons. The van der Waals surface area contributed by atoms with E-state index in [9.17, 15) is 8.42 Å². The van der Waals surface area contributed by atoms with E-state index >= 15 is 0 Å². The zero-order valence-electron chi connectivity index (χ0n) is 16.4. The molecule has 1 aromatic rings. The van der Waals surface area contributed by atoms with Crippen LogP contribution in [0, 0.1) is 5.41 Å². The van der Waals surface area contributed by atoms with Crippen molar-refractivity contribution in [3.8, 4) is 0 Å². The molecule has 0 amide bonds. The van der Waals surface area contributed by atoms with Gasteiger partial charge in [0.25, 0.3) is 0 Å². The third-order valence-electron chi connectivity index (χ3n) is 5.37. The second-order valence-electron chi connectivity index (χ2n) is 8.88. The molecular formula is C19H32N4O2S. The third kappa shape index (κ3) is 4.82. The number of pyridine rings is 1. The van der Waals surface area contributed by atoms with Crippen LogP contribution in [0.5, 0.6) is 0 Å². The van der Waals surface area contributed by atoms with Crippen LogP contribution in [0.25, 0.3) is 0 Å². The summed E-state index contributed by atoms with van der Waals surface area (Å²) in [6.07, 6.45) is 1.80. The van der Waals surface area contributed by atoms with Crippen molar-refractivity contribution in [2.24, 2.45) is 5.41 Å². The summed E-state index contributed by atoms with van der Waals surface area (Å²) in [7, 11) is 1.21. The zero-order valence-corrected chi connectivity index (χ0v) is 17.2. The molecule has 0 aromatic carbocycles. The topological polar surface area (TPSA) is 56.8 Å². The van der Waals surface area contributed by atoms with Crippen molar-refractivity contribution in [3.05, 3.63) is 30.1 Å². The highest BCUT2D eigenvalue weighted by atomic mass is 32.2. The van der Waals surface area contributed by atoms with Crippen molar-refractivity contribution in [1.82, 2.24) is 19.7 Å². The molecule has 26 heavy (non-hydrogen) atoms. The highest BCUT2D eigenvalue weighted by molar-refractivity contribution is 7.91. The maximum absolute atomic E-state index is 12.4. The van der Waals surface area contributed by atoms with E-state index in [1.165, 1.54) is 0 Å². The van der Waals surface area contributed by atoms with Gasteiger partial charge in [-0.2, -0.15) is 0 Å². The first-order valence-corrected chi connectivity index (χ1v) is 11.2. The molecule has 146 valence electrons. The number of fused-ring (bicyclic) bond motifs is 1. The summed E-state index contributed by atoms with van der Waals surface area (Å²) in [5.74, 6) is 0.559. The molecule has 0 aliphatic carbocycles. The van der Waals surface area contributed by atoms with E-state index in [1.807, 2.05) is 18.2 Å². The maximum atomic E-state index is 12.4. The fraction of sp³-hybridized carbons (Fsp3) is 0.737. The number of hydrogen-bond donors (Lipinski definition) is 0. The summed E-state index contributed by atoms with van der Waals surface area (Å²) in [4.78, 5) is 11.4. The molecular weight excluding hydrogens is 348 g/mol. The molecule has 2 unspecified atom stereocenters. The van der Waals surface area contributed by atoms with Crippen molar-refractivity contribution in [3.63, 3.8) is 0 Å². The van der Waals surface area contributed by atoms with Crippen molar-refractivity contribution in [2.75, 3.05) is 51.8 Å². The van der Waals surface area contributed by atoms with Crippen molar-refractivity contribution >= 4 is 9.84 Å². The van der Waals surface area contributed by atoms with Gasteiger partial charge in [0.05, 0.1) is 17.2 Å². The minimum absolute atomic E-state index is 0.0749. The first-order chi connectivity index (χ1) is 12.2. The van der Waals surface area contributed by atoms with Gasteiger partial charge in [-0.3, -0.25) is 14.8 Å². The fourth-order valence-electron chi connectivity index (χ4n) is 4.64. The van der Waals surface area contributed by atoms with Crippen LogP contribution in [-0.2, 0) is 16.4 Å². The molecule has 0 bridgehead atoms. The molecule has 0 N–H and O–H groups in total. The van der Waals surface area contributed by atoms with Gasteiger partial charge in [-0.15, -0.1) is 0 Å². The molecule has 3 heterocycles. The van der Waals surface area contributed by atoms with Crippen LogP contribution in [0.4, 0.5) is 0 Å². The molecule has 2 aliphatic heterocycles. The Labute approximate surface area is 158 Å². The lowest BCUT2D eigenvalue weighted by molar-refractivity contribution is 0.0138. The molecule has 7 heteroatoms. The van der Waals surface area contributed by atoms with E-state index in [-0.39, 0.29) is 29.0 Å². The minimum atomic E-state index is -2.98. The zero-order chi connectivity index (χ0) is 18.9. The average Bonchev–Trinajstić information content (AvgIpc) is 2.85. The monoisotopic (exact) mass is 380 g/mol. The van der Waals surface area contributed by atoms with E-state index in [2.05, 4.69) is 47.6 Å². The second kappa shape index (κ2) is 7.54. The molecule has 6 nitrogen and oxygen atoms in total. The lowest BCUT2D eigenvalue weighted by Crippen LogP contribution is -2.60. The summed E-state index contributed by atoms with van der Waals surface area (Å²) >= 11 is 0. The summed E-state index contributed by atoms with van der Waals surface area (Å²) in [5, 5.41) is 0. The van der Waals surface area contributed by atoms with Crippen LogP contribution in [0.2, 0.25) is 0 Å². The molecule has 1 aromatic heterocycles. The first kappa shape index (κ1) is 19.7. The molecule has 2 atom stereocenters. The van der Waals surface area contributed by atoms with Gasteiger partial charge >= 0.3 is 0 Å². The number of sulfone groups is 1. The summed E-state index contributed by atoms with van der Waals surface area (Å²) in [6, 6.07) is 6.10. The Bertz CT molecular complexity index is 706. The second-order valence-corrected chi connectivity index (χ2v) is 11.0. The Morgan fingerprint density at radius 3 is 2.42 bits per heavy atom. The fourth-order valence-corrected chi connectivity index (χ4v) is 6.69. The lowest BCUT2D eigenvalue weighted by atomic mass is 9.90. The lowest BCUT2D eigenvalue weighted by Gasteiger charge is -2.46. The number of aromatic nitrogens is 1. The number of piperazine rings is 1. The highest BCUT2D eigenvalue weighted by Crippen LogP contribution is 2.30. The molecule has 2 aliphatic rings. The predicted octanol–water partition coefficient (Wildman–Crippen LogP) is 0.953. The third-order valence-corrected chi connectivity index (χ3v) is 7.07. The SMILES string of the molecule is CN(C)CC(C)(C)CN1CCN(Cc2ccccn2)C2CS(=O)(=O)CC21. The van der Waals surface area contributed by atoms with Crippen molar-refractivity contribution in [2.45, 2.75) is 32.5 Å². The quantitative estimate of drug-likeness (QED) is 0.733. The smallest absolute Gasteiger partial charge is 0.153 e. The van der Waals surface area contributed by atoms with Crippen LogP contribution >= 0.6 is 0 Å². The summed E-state index contributed by atoms with van der Waals surface area (Å²) in [5.41, 5.74) is 1.14.